The highest BCUT2D eigenvalue weighted by atomic mass is 32.1. The maximum absolute atomic E-state index is 4.63. The lowest BCUT2D eigenvalue weighted by Gasteiger charge is -2.12. The van der Waals surface area contributed by atoms with Crippen LogP contribution in [-0.2, 0) is 6.54 Å². The second-order valence-corrected chi connectivity index (χ2v) is 5.60. The molecule has 3 rings (SSSR count). The number of aromatic nitrogens is 3. The summed E-state index contributed by atoms with van der Waals surface area (Å²) in [6, 6.07) is 10.2. The second-order valence-electron chi connectivity index (χ2n) is 4.74. The highest BCUT2D eigenvalue weighted by molar-refractivity contribution is 7.13. The first-order valence-electron chi connectivity index (χ1n) is 6.82. The topological polar surface area (TPSA) is 50.7 Å². The zero-order chi connectivity index (χ0) is 14.5. The summed E-state index contributed by atoms with van der Waals surface area (Å²) in [7, 11) is 0. The number of pyridine rings is 2. The minimum atomic E-state index is 0.271. The van der Waals surface area contributed by atoms with E-state index in [9.17, 15) is 0 Å². The molecule has 0 saturated heterocycles. The average Bonchev–Trinajstić information content (AvgIpc) is 3.03. The lowest BCUT2D eigenvalue weighted by atomic mass is 10.1. The van der Waals surface area contributed by atoms with Crippen molar-refractivity contribution < 1.29 is 0 Å². The quantitative estimate of drug-likeness (QED) is 0.783. The van der Waals surface area contributed by atoms with Crippen LogP contribution in [-0.4, -0.2) is 15.0 Å². The lowest BCUT2D eigenvalue weighted by molar-refractivity contribution is 0.569. The van der Waals surface area contributed by atoms with Crippen molar-refractivity contribution in [3.63, 3.8) is 0 Å². The van der Waals surface area contributed by atoms with Gasteiger partial charge in [0, 0.05) is 36.6 Å². The fraction of sp³-hybridized carbons (Fsp3) is 0.188. The van der Waals surface area contributed by atoms with Crippen LogP contribution in [0.4, 0.5) is 0 Å². The van der Waals surface area contributed by atoms with Gasteiger partial charge < -0.3 is 5.32 Å². The first kappa shape index (κ1) is 13.9. The van der Waals surface area contributed by atoms with Gasteiger partial charge in [0.2, 0.25) is 0 Å². The number of nitrogens with one attached hydrogen (secondary N) is 1. The van der Waals surface area contributed by atoms with E-state index >= 15 is 0 Å². The van der Waals surface area contributed by atoms with E-state index in [2.05, 4.69) is 32.6 Å². The summed E-state index contributed by atoms with van der Waals surface area (Å²) in [6.45, 7) is 2.88. The van der Waals surface area contributed by atoms with Gasteiger partial charge in [-0.25, -0.2) is 4.98 Å². The third-order valence-corrected chi connectivity index (χ3v) is 4.14. The molecule has 5 heteroatoms. The Morgan fingerprint density at radius 1 is 1.14 bits per heavy atom. The number of rotatable bonds is 5. The molecule has 0 spiro atoms. The molecule has 0 radical (unpaired) electrons. The predicted molar refractivity (Wildman–Crippen MR) is 84.8 cm³/mol. The minimum Gasteiger partial charge on any atom is -0.305 e. The van der Waals surface area contributed by atoms with Crippen molar-refractivity contribution in [2.24, 2.45) is 0 Å². The average molecular weight is 296 g/mol. The molecule has 0 aromatic carbocycles. The van der Waals surface area contributed by atoms with Gasteiger partial charge >= 0.3 is 0 Å². The van der Waals surface area contributed by atoms with E-state index in [0.717, 1.165) is 22.9 Å². The van der Waals surface area contributed by atoms with E-state index in [1.54, 1.807) is 17.5 Å². The highest BCUT2D eigenvalue weighted by Gasteiger charge is 2.08. The number of hydrogen-bond acceptors (Lipinski definition) is 5. The molecule has 21 heavy (non-hydrogen) atoms. The minimum absolute atomic E-state index is 0.271. The maximum Gasteiger partial charge on any atom is 0.142 e. The summed E-state index contributed by atoms with van der Waals surface area (Å²) in [5, 5.41) is 6.52. The van der Waals surface area contributed by atoms with E-state index in [4.69, 9.17) is 0 Å². The molecule has 3 aromatic heterocycles. The van der Waals surface area contributed by atoms with Crippen molar-refractivity contribution >= 4 is 11.3 Å². The van der Waals surface area contributed by atoms with E-state index < -0.39 is 0 Å². The molecule has 0 aliphatic carbocycles. The third kappa shape index (κ3) is 3.51. The first-order valence-corrected chi connectivity index (χ1v) is 7.70. The fourth-order valence-corrected chi connectivity index (χ4v) is 2.82. The molecular weight excluding hydrogens is 280 g/mol. The molecule has 1 atom stereocenters. The largest absolute Gasteiger partial charge is 0.305 e. The normalized spacial score (nSPS) is 12.2. The number of thiazole rings is 1. The molecule has 0 aliphatic rings. The van der Waals surface area contributed by atoms with Crippen LogP contribution in [0.5, 0.6) is 0 Å². The van der Waals surface area contributed by atoms with Gasteiger partial charge in [0.05, 0.1) is 11.4 Å². The Hall–Kier alpha value is -2.11. The van der Waals surface area contributed by atoms with Crippen LogP contribution in [0.1, 0.15) is 24.2 Å². The summed E-state index contributed by atoms with van der Waals surface area (Å²) in [6.07, 6.45) is 5.42. The SMILES string of the molecule is CC(NCc1csc(-c2ccccn2)n1)c1ccncc1. The molecule has 1 N–H and O–H groups in total. The number of nitrogens with zero attached hydrogens (tertiary/aromatic N) is 3. The molecule has 0 aliphatic heterocycles. The Balaban J connectivity index is 1.63. The molecule has 0 bridgehead atoms. The van der Waals surface area contributed by atoms with Crippen molar-refractivity contribution in [2.45, 2.75) is 19.5 Å². The van der Waals surface area contributed by atoms with Crippen molar-refractivity contribution in [1.29, 1.82) is 0 Å². The van der Waals surface area contributed by atoms with Gasteiger partial charge in [-0.2, -0.15) is 0 Å². The summed E-state index contributed by atoms with van der Waals surface area (Å²) >= 11 is 1.63. The highest BCUT2D eigenvalue weighted by Crippen LogP contribution is 2.21. The molecule has 0 saturated carbocycles. The van der Waals surface area contributed by atoms with Crippen LogP contribution in [0.2, 0.25) is 0 Å². The molecule has 3 aromatic rings. The number of hydrogen-bond donors (Lipinski definition) is 1. The van der Waals surface area contributed by atoms with Crippen LogP contribution in [0.25, 0.3) is 10.7 Å². The standard InChI is InChI=1S/C16H16N4S/c1-12(13-5-8-17-9-6-13)19-10-14-11-21-16(20-14)15-4-2-3-7-18-15/h2-9,11-12,19H,10H2,1H3. The van der Waals surface area contributed by atoms with E-state index in [1.165, 1.54) is 5.56 Å². The van der Waals surface area contributed by atoms with Crippen LogP contribution >= 0.6 is 11.3 Å². The van der Waals surface area contributed by atoms with E-state index in [0.29, 0.717) is 0 Å². The van der Waals surface area contributed by atoms with Crippen LogP contribution < -0.4 is 5.32 Å². The summed E-state index contributed by atoms with van der Waals surface area (Å²) < 4.78 is 0. The predicted octanol–water partition coefficient (Wildman–Crippen LogP) is 3.45. The van der Waals surface area contributed by atoms with Crippen molar-refractivity contribution in [3.8, 4) is 10.7 Å². The zero-order valence-corrected chi connectivity index (χ0v) is 12.5. The van der Waals surface area contributed by atoms with Gasteiger partial charge in [-0.15, -0.1) is 11.3 Å². The van der Waals surface area contributed by atoms with Gasteiger partial charge in [-0.05, 0) is 36.8 Å². The Labute approximate surface area is 127 Å². The Bertz CT molecular complexity index is 682. The van der Waals surface area contributed by atoms with Gasteiger partial charge in [-0.1, -0.05) is 6.07 Å². The first-order chi connectivity index (χ1) is 10.3. The van der Waals surface area contributed by atoms with E-state index in [-0.39, 0.29) is 6.04 Å². The van der Waals surface area contributed by atoms with Gasteiger partial charge in [0.1, 0.15) is 5.01 Å². The van der Waals surface area contributed by atoms with Crippen molar-refractivity contribution in [2.75, 3.05) is 0 Å². The van der Waals surface area contributed by atoms with Crippen molar-refractivity contribution in [1.82, 2.24) is 20.3 Å². The lowest BCUT2D eigenvalue weighted by Crippen LogP contribution is -2.18. The third-order valence-electron chi connectivity index (χ3n) is 3.23. The molecule has 1 unspecified atom stereocenters. The summed E-state index contributed by atoms with van der Waals surface area (Å²) in [5.41, 5.74) is 3.20. The monoisotopic (exact) mass is 296 g/mol. The maximum atomic E-state index is 4.63. The Morgan fingerprint density at radius 2 is 2.00 bits per heavy atom. The van der Waals surface area contributed by atoms with Crippen molar-refractivity contribution in [3.05, 3.63) is 65.6 Å². The molecule has 3 heterocycles. The Morgan fingerprint density at radius 3 is 2.76 bits per heavy atom. The zero-order valence-electron chi connectivity index (χ0n) is 11.7. The smallest absolute Gasteiger partial charge is 0.142 e. The van der Waals surface area contributed by atoms with Gasteiger partial charge in [0.15, 0.2) is 0 Å². The molecule has 0 fully saturated rings. The summed E-state index contributed by atoms with van der Waals surface area (Å²) in [5.74, 6) is 0. The molecule has 4 nitrogen and oxygen atoms in total. The van der Waals surface area contributed by atoms with Crippen LogP contribution in [0.3, 0.4) is 0 Å². The van der Waals surface area contributed by atoms with Gasteiger partial charge in [0.25, 0.3) is 0 Å². The van der Waals surface area contributed by atoms with Gasteiger partial charge in [-0.3, -0.25) is 9.97 Å². The summed E-state index contributed by atoms with van der Waals surface area (Å²) in [4.78, 5) is 13.0. The molecule has 0 amide bonds. The Kier molecular flexibility index (Phi) is 4.33. The molecule has 106 valence electrons. The fourth-order valence-electron chi connectivity index (χ4n) is 2.02. The van der Waals surface area contributed by atoms with E-state index in [1.807, 2.05) is 42.7 Å². The van der Waals surface area contributed by atoms with Crippen LogP contribution in [0.15, 0.2) is 54.3 Å². The second kappa shape index (κ2) is 6.56. The van der Waals surface area contributed by atoms with Crippen LogP contribution in [0, 0.1) is 0 Å². The molecular formula is C16H16N4S.